The first kappa shape index (κ1) is 32.4. The molecule has 1 aromatic heterocycles. The number of pyridine rings is 1. The number of hydrogen-bond acceptors (Lipinski definition) is 7. The number of oxime groups is 1. The van der Waals surface area contributed by atoms with E-state index in [4.69, 9.17) is 14.1 Å². The molecule has 2 amide bonds. The SMILES string of the molecule is CC(C)C[C@H](NC(=O)C1(C2(c3ccccc3)CC2)CC(CNC(=O)c2nccc3ccccc23)=NO1)B1O[C@@H]2C[C@@H]3C[C@@H](C3(C)C)[C@]2(C)O1. The third-order valence-corrected chi connectivity index (χ3v) is 12.7. The van der Waals surface area contributed by atoms with Gasteiger partial charge in [-0.25, -0.2) is 0 Å². The van der Waals surface area contributed by atoms with Crippen LogP contribution in [0.3, 0.4) is 0 Å². The molecule has 2 aliphatic heterocycles. The molecule has 1 saturated heterocycles. The van der Waals surface area contributed by atoms with E-state index in [1.165, 1.54) is 6.42 Å². The minimum Gasteiger partial charge on any atom is -0.404 e. The Hall–Kier alpha value is -3.76. The maximum absolute atomic E-state index is 14.9. The van der Waals surface area contributed by atoms with Crippen LogP contribution in [0.5, 0.6) is 0 Å². The molecule has 5 fully saturated rings. The van der Waals surface area contributed by atoms with Gasteiger partial charge in [-0.1, -0.05) is 87.4 Å². The third-order valence-electron chi connectivity index (χ3n) is 12.7. The number of rotatable bonds is 10. The number of carbonyl (C=O) groups is 2. The topological polar surface area (TPSA) is 111 Å². The highest BCUT2D eigenvalue weighted by Crippen LogP contribution is 2.66. The fourth-order valence-electron chi connectivity index (χ4n) is 9.66. The third kappa shape index (κ3) is 5.12. The van der Waals surface area contributed by atoms with Gasteiger partial charge in [0, 0.05) is 23.4 Å². The molecule has 2 aromatic carbocycles. The van der Waals surface area contributed by atoms with Gasteiger partial charge in [0.2, 0.25) is 5.60 Å². The average Bonchev–Trinajstić information content (AvgIpc) is 3.66. The van der Waals surface area contributed by atoms with E-state index < -0.39 is 18.1 Å². The number of fused-ring (bicyclic) bond motifs is 1. The lowest BCUT2D eigenvalue weighted by Gasteiger charge is -2.64. The minimum absolute atomic E-state index is 0.0198. The number of benzene rings is 2. The maximum atomic E-state index is 14.9. The Morgan fingerprint density at radius 2 is 1.76 bits per heavy atom. The molecule has 2 N–H and O–H groups in total. The van der Waals surface area contributed by atoms with Crippen molar-refractivity contribution in [3.8, 4) is 0 Å². The van der Waals surface area contributed by atoms with Crippen molar-refractivity contribution in [2.45, 2.75) is 102 Å². The highest BCUT2D eigenvalue weighted by atomic mass is 16.7. The van der Waals surface area contributed by atoms with Crippen LogP contribution in [-0.2, 0) is 24.4 Å². The second-order valence-electron chi connectivity index (χ2n) is 16.3. The number of amides is 2. The van der Waals surface area contributed by atoms with Crippen LogP contribution in [0.4, 0.5) is 0 Å². The van der Waals surface area contributed by atoms with E-state index in [0.29, 0.717) is 35.6 Å². The van der Waals surface area contributed by atoms with Gasteiger partial charge < -0.3 is 24.8 Å². The zero-order valence-electron chi connectivity index (χ0n) is 29.2. The predicted molar refractivity (Wildman–Crippen MR) is 189 cm³/mol. The van der Waals surface area contributed by atoms with Gasteiger partial charge in [0.1, 0.15) is 5.69 Å². The van der Waals surface area contributed by atoms with Crippen LogP contribution in [0.1, 0.15) is 89.2 Å². The van der Waals surface area contributed by atoms with E-state index in [-0.39, 0.29) is 47.8 Å². The molecule has 0 radical (unpaired) electrons. The van der Waals surface area contributed by atoms with Crippen molar-refractivity contribution in [1.29, 1.82) is 0 Å². The van der Waals surface area contributed by atoms with E-state index in [2.05, 4.69) is 67.5 Å². The fraction of sp³-hybridized carbons (Fsp3) is 0.538. The quantitative estimate of drug-likeness (QED) is 0.258. The summed E-state index contributed by atoms with van der Waals surface area (Å²) in [6.07, 6.45) is 6.37. The fourth-order valence-corrected chi connectivity index (χ4v) is 9.66. The number of nitrogens with zero attached hydrogens (tertiary/aromatic N) is 2. The molecule has 3 heterocycles. The number of nitrogens with one attached hydrogen (secondary N) is 2. The van der Waals surface area contributed by atoms with Gasteiger partial charge in [-0.2, -0.15) is 0 Å². The van der Waals surface area contributed by atoms with Gasteiger partial charge in [-0.15, -0.1) is 0 Å². The monoisotopic (exact) mass is 662 g/mol. The second kappa shape index (κ2) is 11.7. The van der Waals surface area contributed by atoms with Crippen LogP contribution in [0.15, 0.2) is 72.0 Å². The van der Waals surface area contributed by atoms with Crippen molar-refractivity contribution in [2.75, 3.05) is 6.54 Å². The Kier molecular flexibility index (Phi) is 7.72. The second-order valence-corrected chi connectivity index (χ2v) is 16.3. The standard InChI is InChI=1S/C39H47BN4O5/c1-24(2)19-32(40-47-31-21-27-20-30(36(27,3)4)37(31,5)48-40)43-35(46)39(38(16-17-38)26-12-7-6-8-13-26)22-28(44-49-39)23-42-34(45)33-29-14-10-9-11-25(29)15-18-41-33/h6-15,18,24,27,30-32H,16-17,19-23H2,1-5H3,(H,42,45)(H,43,46)/t27-,30-,31+,32-,37-,39?/m0/s1. The van der Waals surface area contributed by atoms with Crippen LogP contribution in [0.25, 0.3) is 10.8 Å². The molecular weight excluding hydrogens is 615 g/mol. The van der Waals surface area contributed by atoms with Gasteiger partial charge in [-0.05, 0) is 79.2 Å². The molecule has 4 aliphatic carbocycles. The van der Waals surface area contributed by atoms with Crippen molar-refractivity contribution in [3.05, 3.63) is 78.1 Å². The Morgan fingerprint density at radius 1 is 1.00 bits per heavy atom. The van der Waals surface area contributed by atoms with E-state index in [9.17, 15) is 9.59 Å². The molecule has 1 unspecified atom stereocenters. The zero-order valence-corrected chi connectivity index (χ0v) is 29.2. The first-order valence-corrected chi connectivity index (χ1v) is 18.0. The first-order chi connectivity index (χ1) is 23.5. The summed E-state index contributed by atoms with van der Waals surface area (Å²) >= 11 is 0. The minimum atomic E-state index is -1.28. The van der Waals surface area contributed by atoms with Crippen molar-refractivity contribution < 1.29 is 23.7 Å². The molecule has 49 heavy (non-hydrogen) atoms. The normalized spacial score (nSPS) is 30.9. The van der Waals surface area contributed by atoms with Gasteiger partial charge in [0.05, 0.1) is 29.9 Å². The van der Waals surface area contributed by atoms with Crippen LogP contribution < -0.4 is 10.6 Å². The lowest BCUT2D eigenvalue weighted by atomic mass is 9.43. The predicted octanol–water partition coefficient (Wildman–Crippen LogP) is 6.01. The highest BCUT2D eigenvalue weighted by molar-refractivity contribution is 6.48. The largest absolute Gasteiger partial charge is 0.481 e. The Bertz CT molecular complexity index is 1810. The molecule has 4 saturated carbocycles. The molecule has 2 bridgehead atoms. The van der Waals surface area contributed by atoms with Crippen LogP contribution in [0.2, 0.25) is 0 Å². The van der Waals surface area contributed by atoms with E-state index in [0.717, 1.165) is 35.6 Å². The van der Waals surface area contributed by atoms with Crippen LogP contribution in [-0.4, -0.2) is 59.4 Å². The maximum Gasteiger partial charge on any atom is 0.481 e. The molecular formula is C39H47BN4O5. The van der Waals surface area contributed by atoms with E-state index in [1.807, 2.05) is 48.5 Å². The molecule has 0 spiro atoms. The summed E-state index contributed by atoms with van der Waals surface area (Å²) < 4.78 is 13.6. The van der Waals surface area contributed by atoms with Crippen molar-refractivity contribution in [2.24, 2.45) is 28.3 Å². The van der Waals surface area contributed by atoms with Gasteiger partial charge >= 0.3 is 7.12 Å². The first-order valence-electron chi connectivity index (χ1n) is 18.0. The Morgan fingerprint density at radius 3 is 2.49 bits per heavy atom. The van der Waals surface area contributed by atoms with Crippen molar-refractivity contribution in [3.63, 3.8) is 0 Å². The summed E-state index contributed by atoms with van der Waals surface area (Å²) in [4.78, 5) is 39.0. The van der Waals surface area contributed by atoms with Crippen LogP contribution in [0, 0.1) is 23.2 Å². The van der Waals surface area contributed by atoms with E-state index >= 15 is 0 Å². The molecule has 3 aromatic rings. The number of carbonyl (C=O) groups excluding carboxylic acids is 2. The lowest BCUT2D eigenvalue weighted by molar-refractivity contribution is -0.199. The van der Waals surface area contributed by atoms with Gasteiger partial charge in [0.15, 0.2) is 0 Å². The number of aromatic nitrogens is 1. The summed E-state index contributed by atoms with van der Waals surface area (Å²) in [6.45, 7) is 11.4. The molecule has 256 valence electrons. The molecule has 6 aliphatic rings. The Balaban J connectivity index is 1.04. The van der Waals surface area contributed by atoms with Crippen LogP contribution >= 0.6 is 0 Å². The molecule has 6 atom stereocenters. The molecule has 10 heteroatoms. The van der Waals surface area contributed by atoms with E-state index in [1.54, 1.807) is 6.20 Å². The summed E-state index contributed by atoms with van der Waals surface area (Å²) in [5, 5.41) is 12.6. The average molecular weight is 663 g/mol. The summed E-state index contributed by atoms with van der Waals surface area (Å²) in [6, 6.07) is 19.7. The number of hydrogen-bond donors (Lipinski definition) is 2. The van der Waals surface area contributed by atoms with Gasteiger partial charge in [-0.3, -0.25) is 14.6 Å². The Labute approximate surface area is 289 Å². The van der Waals surface area contributed by atoms with Crippen molar-refractivity contribution >= 4 is 35.4 Å². The zero-order chi connectivity index (χ0) is 34.2. The summed E-state index contributed by atoms with van der Waals surface area (Å²) in [7, 11) is -0.547. The summed E-state index contributed by atoms with van der Waals surface area (Å²) in [5.41, 5.74) is 0.0475. The van der Waals surface area contributed by atoms with Crippen molar-refractivity contribution in [1.82, 2.24) is 15.6 Å². The molecule has 9 nitrogen and oxygen atoms in total. The molecule has 9 rings (SSSR count). The highest BCUT2D eigenvalue weighted by Gasteiger charge is 2.71. The van der Waals surface area contributed by atoms with Gasteiger partial charge in [0.25, 0.3) is 11.8 Å². The smallest absolute Gasteiger partial charge is 0.404 e. The summed E-state index contributed by atoms with van der Waals surface area (Å²) in [5.74, 6) is 0.498. The lowest BCUT2D eigenvalue weighted by Crippen LogP contribution is -2.65.